The van der Waals surface area contributed by atoms with Gasteiger partial charge in [-0.2, -0.15) is 0 Å². The Morgan fingerprint density at radius 3 is 2.65 bits per heavy atom. The Morgan fingerprint density at radius 1 is 1.35 bits per heavy atom. The van der Waals surface area contributed by atoms with Gasteiger partial charge < -0.3 is 20.6 Å². The summed E-state index contributed by atoms with van der Waals surface area (Å²) in [5.74, 6) is 0.758. The SMILES string of the molecule is CN=C(NCC(O)c1cccc(Cl)c1)NC1CC2CCCC(C1)N2C.I. The van der Waals surface area contributed by atoms with Crippen LogP contribution < -0.4 is 10.6 Å². The van der Waals surface area contributed by atoms with Gasteiger partial charge in [0.1, 0.15) is 0 Å². The molecule has 1 aromatic rings. The standard InChI is InChI=1S/C19H29ClN4O.HI/c1-21-19(22-12-18(25)13-5-3-6-14(20)9-13)23-15-10-16-7-4-8-17(11-15)24(16)2;/h3,5-6,9,15-18,25H,4,7-8,10-12H2,1-2H3,(H2,21,22,23);1H. The number of aliphatic hydroxyl groups is 1. The molecule has 5 nitrogen and oxygen atoms in total. The highest BCUT2D eigenvalue weighted by Crippen LogP contribution is 2.32. The summed E-state index contributed by atoms with van der Waals surface area (Å²) in [6, 6.07) is 9.14. The first kappa shape index (κ1) is 21.7. The molecule has 146 valence electrons. The fourth-order valence-corrected chi connectivity index (χ4v) is 4.35. The van der Waals surface area contributed by atoms with Crippen molar-refractivity contribution in [1.82, 2.24) is 15.5 Å². The molecule has 2 saturated heterocycles. The van der Waals surface area contributed by atoms with E-state index in [1.807, 2.05) is 18.2 Å². The molecule has 0 radical (unpaired) electrons. The highest BCUT2D eigenvalue weighted by molar-refractivity contribution is 14.0. The van der Waals surface area contributed by atoms with E-state index in [1.165, 1.54) is 19.3 Å². The molecule has 2 aliphatic heterocycles. The van der Waals surface area contributed by atoms with Gasteiger partial charge in [-0.05, 0) is 50.4 Å². The van der Waals surface area contributed by atoms with E-state index in [2.05, 4.69) is 27.6 Å². The van der Waals surface area contributed by atoms with Gasteiger partial charge in [0.15, 0.2) is 5.96 Å². The maximum Gasteiger partial charge on any atom is 0.191 e. The summed E-state index contributed by atoms with van der Waals surface area (Å²) in [7, 11) is 4.04. The summed E-state index contributed by atoms with van der Waals surface area (Å²) < 4.78 is 0. The molecule has 0 amide bonds. The van der Waals surface area contributed by atoms with E-state index in [0.29, 0.717) is 29.7 Å². The van der Waals surface area contributed by atoms with E-state index in [-0.39, 0.29) is 24.0 Å². The molecule has 2 heterocycles. The van der Waals surface area contributed by atoms with Gasteiger partial charge in [0.05, 0.1) is 6.10 Å². The molecule has 3 unspecified atom stereocenters. The van der Waals surface area contributed by atoms with E-state index >= 15 is 0 Å². The van der Waals surface area contributed by atoms with Crippen LogP contribution in [0.5, 0.6) is 0 Å². The summed E-state index contributed by atoms with van der Waals surface area (Å²) >= 11 is 5.99. The number of nitrogens with one attached hydrogen (secondary N) is 2. The van der Waals surface area contributed by atoms with Crippen LogP contribution in [0.3, 0.4) is 0 Å². The molecule has 2 bridgehead atoms. The number of aliphatic hydroxyl groups excluding tert-OH is 1. The average molecular weight is 493 g/mol. The van der Waals surface area contributed by atoms with Gasteiger partial charge in [-0.15, -0.1) is 24.0 Å². The van der Waals surface area contributed by atoms with Crippen LogP contribution in [-0.4, -0.2) is 54.7 Å². The molecule has 2 fully saturated rings. The largest absolute Gasteiger partial charge is 0.387 e. The number of hydrogen-bond acceptors (Lipinski definition) is 3. The minimum Gasteiger partial charge on any atom is -0.387 e. The molecule has 0 saturated carbocycles. The van der Waals surface area contributed by atoms with Crippen molar-refractivity contribution in [2.45, 2.75) is 56.3 Å². The Bertz CT molecular complexity index is 601. The molecular formula is C19H30ClIN4O. The number of hydrogen-bond donors (Lipinski definition) is 3. The summed E-state index contributed by atoms with van der Waals surface area (Å²) in [6.07, 6.45) is 5.64. The maximum atomic E-state index is 10.4. The number of nitrogens with zero attached hydrogens (tertiary/aromatic N) is 2. The van der Waals surface area contributed by atoms with E-state index in [9.17, 15) is 5.11 Å². The van der Waals surface area contributed by atoms with Crippen molar-refractivity contribution in [2.24, 2.45) is 4.99 Å². The second kappa shape index (κ2) is 10.1. The van der Waals surface area contributed by atoms with Gasteiger partial charge in [-0.25, -0.2) is 0 Å². The minimum atomic E-state index is -0.617. The van der Waals surface area contributed by atoms with Crippen molar-refractivity contribution in [3.8, 4) is 0 Å². The lowest BCUT2D eigenvalue weighted by Gasteiger charge is -2.47. The number of benzene rings is 1. The van der Waals surface area contributed by atoms with E-state index in [1.54, 1.807) is 13.1 Å². The molecule has 0 spiro atoms. The lowest BCUT2D eigenvalue weighted by Crippen LogP contribution is -2.56. The van der Waals surface area contributed by atoms with Crippen LogP contribution >= 0.6 is 35.6 Å². The van der Waals surface area contributed by atoms with Crippen LogP contribution in [-0.2, 0) is 0 Å². The third-order valence-electron chi connectivity index (χ3n) is 5.60. The zero-order valence-corrected chi connectivity index (χ0v) is 18.6. The van der Waals surface area contributed by atoms with Gasteiger partial charge in [-0.3, -0.25) is 4.99 Å². The van der Waals surface area contributed by atoms with Crippen molar-refractivity contribution in [3.63, 3.8) is 0 Å². The lowest BCUT2D eigenvalue weighted by molar-refractivity contribution is 0.0526. The summed E-state index contributed by atoms with van der Waals surface area (Å²) in [6.45, 7) is 0.402. The topological polar surface area (TPSA) is 59.9 Å². The monoisotopic (exact) mass is 492 g/mol. The van der Waals surface area contributed by atoms with E-state index in [0.717, 1.165) is 24.4 Å². The van der Waals surface area contributed by atoms with Crippen molar-refractivity contribution < 1.29 is 5.11 Å². The molecule has 7 heteroatoms. The van der Waals surface area contributed by atoms with Gasteiger partial charge in [0.2, 0.25) is 0 Å². The second-order valence-electron chi connectivity index (χ2n) is 7.24. The number of guanidine groups is 1. The highest BCUT2D eigenvalue weighted by Gasteiger charge is 2.36. The summed E-state index contributed by atoms with van der Waals surface area (Å²) in [4.78, 5) is 6.88. The Morgan fingerprint density at radius 2 is 2.04 bits per heavy atom. The molecule has 0 aliphatic carbocycles. The highest BCUT2D eigenvalue weighted by atomic mass is 127. The molecule has 1 aromatic carbocycles. The van der Waals surface area contributed by atoms with E-state index in [4.69, 9.17) is 11.6 Å². The predicted molar refractivity (Wildman–Crippen MR) is 119 cm³/mol. The predicted octanol–water partition coefficient (Wildman–Crippen LogP) is 3.17. The smallest absolute Gasteiger partial charge is 0.191 e. The molecule has 3 rings (SSSR count). The number of fused-ring (bicyclic) bond motifs is 2. The average Bonchev–Trinajstić information content (AvgIpc) is 2.59. The first-order valence-corrected chi connectivity index (χ1v) is 9.57. The van der Waals surface area contributed by atoms with Gasteiger partial charge in [-0.1, -0.05) is 30.2 Å². The maximum absolute atomic E-state index is 10.4. The fourth-order valence-electron chi connectivity index (χ4n) is 4.15. The zero-order chi connectivity index (χ0) is 17.8. The first-order valence-electron chi connectivity index (χ1n) is 9.19. The Kier molecular flexibility index (Phi) is 8.44. The van der Waals surface area contributed by atoms with E-state index < -0.39 is 6.10 Å². The van der Waals surface area contributed by atoms with Crippen LogP contribution in [0.1, 0.15) is 43.8 Å². The van der Waals surface area contributed by atoms with Gasteiger partial charge >= 0.3 is 0 Å². The normalized spacial score (nSPS) is 27.4. The second-order valence-corrected chi connectivity index (χ2v) is 7.68. The van der Waals surface area contributed by atoms with Gasteiger partial charge in [0, 0.05) is 36.7 Å². The quantitative estimate of drug-likeness (QED) is 0.343. The first-order chi connectivity index (χ1) is 12.1. The van der Waals surface area contributed by atoms with Crippen molar-refractivity contribution in [3.05, 3.63) is 34.9 Å². The van der Waals surface area contributed by atoms with Crippen molar-refractivity contribution in [2.75, 3.05) is 20.6 Å². The molecule has 26 heavy (non-hydrogen) atoms. The molecule has 3 N–H and O–H groups in total. The fraction of sp³-hybridized carbons (Fsp3) is 0.632. The summed E-state index contributed by atoms with van der Waals surface area (Å²) in [5, 5.41) is 17.8. The minimum absolute atomic E-state index is 0. The van der Waals surface area contributed by atoms with Crippen molar-refractivity contribution >= 4 is 41.5 Å². The van der Waals surface area contributed by atoms with Crippen molar-refractivity contribution in [1.29, 1.82) is 0 Å². The Labute approximate surface area is 178 Å². The van der Waals surface area contributed by atoms with Crippen LogP contribution in [0.25, 0.3) is 0 Å². The molecule has 3 atom stereocenters. The van der Waals surface area contributed by atoms with Crippen LogP contribution in [0.2, 0.25) is 5.02 Å². The Hall–Kier alpha value is -0.570. The number of piperidine rings is 2. The Balaban J connectivity index is 0.00000243. The lowest BCUT2D eigenvalue weighted by atomic mass is 9.82. The summed E-state index contributed by atoms with van der Waals surface area (Å²) in [5.41, 5.74) is 0.810. The third-order valence-corrected chi connectivity index (χ3v) is 5.84. The van der Waals surface area contributed by atoms with Crippen LogP contribution in [0.15, 0.2) is 29.3 Å². The zero-order valence-electron chi connectivity index (χ0n) is 15.5. The molecular weight excluding hydrogens is 463 g/mol. The van der Waals surface area contributed by atoms with Crippen LogP contribution in [0, 0.1) is 0 Å². The number of rotatable bonds is 4. The molecule has 0 aromatic heterocycles. The number of halogens is 2. The molecule has 2 aliphatic rings. The number of aliphatic imine (C=N–C) groups is 1. The third kappa shape index (κ3) is 5.47. The van der Waals surface area contributed by atoms with Crippen LogP contribution in [0.4, 0.5) is 0 Å². The van der Waals surface area contributed by atoms with Gasteiger partial charge in [0.25, 0.3) is 0 Å².